The van der Waals surface area contributed by atoms with Crippen molar-refractivity contribution in [2.75, 3.05) is 5.73 Å². The second kappa shape index (κ2) is 5.40. The summed E-state index contributed by atoms with van der Waals surface area (Å²) in [5.41, 5.74) is 6.62. The molecule has 5 nitrogen and oxygen atoms in total. The van der Waals surface area contributed by atoms with Crippen molar-refractivity contribution in [1.29, 1.82) is 0 Å². The van der Waals surface area contributed by atoms with Crippen molar-refractivity contribution >= 4 is 23.1 Å². The molecule has 0 aliphatic rings. The van der Waals surface area contributed by atoms with E-state index in [2.05, 4.69) is 10.1 Å². The summed E-state index contributed by atoms with van der Waals surface area (Å²) in [4.78, 5) is 16.3. The van der Waals surface area contributed by atoms with Gasteiger partial charge >= 0.3 is 0 Å². The number of nitrogen functional groups attached to an aromatic ring is 1. The highest BCUT2D eigenvalue weighted by Gasteiger charge is 2.14. The van der Waals surface area contributed by atoms with Crippen molar-refractivity contribution in [3.8, 4) is 0 Å². The minimum atomic E-state index is -0.0572. The fraction of sp³-hybridized carbons (Fsp3) is 0.308. The number of nitrogens with zero attached hydrogens (tertiary/aromatic N) is 3. The molecule has 2 rings (SSSR count). The average Bonchev–Trinajstić information content (AvgIpc) is 2.80. The summed E-state index contributed by atoms with van der Waals surface area (Å²) in [6.07, 6.45) is 1.65. The first kappa shape index (κ1) is 13.5. The Balaban J connectivity index is 2.21. The number of ketones is 1. The Hall–Kier alpha value is -1.88. The Morgan fingerprint density at radius 1 is 1.47 bits per heavy atom. The highest BCUT2D eigenvalue weighted by molar-refractivity contribution is 6.33. The molecule has 2 aromatic rings. The fourth-order valence-electron chi connectivity index (χ4n) is 1.79. The summed E-state index contributed by atoms with van der Waals surface area (Å²) in [7, 11) is 0. The number of hydrogen-bond acceptors (Lipinski definition) is 4. The lowest BCUT2D eigenvalue weighted by atomic mass is 10.1. The third-order valence-electron chi connectivity index (χ3n) is 2.77. The van der Waals surface area contributed by atoms with Gasteiger partial charge in [-0.25, -0.2) is 9.67 Å². The number of rotatable bonds is 4. The van der Waals surface area contributed by atoms with Gasteiger partial charge in [0, 0.05) is 11.6 Å². The van der Waals surface area contributed by atoms with Crippen LogP contribution in [0.1, 0.15) is 36.1 Å². The minimum Gasteiger partial charge on any atom is -0.398 e. The zero-order valence-corrected chi connectivity index (χ0v) is 11.6. The van der Waals surface area contributed by atoms with Crippen LogP contribution in [0.25, 0.3) is 0 Å². The van der Waals surface area contributed by atoms with E-state index in [4.69, 9.17) is 17.3 Å². The van der Waals surface area contributed by atoms with E-state index >= 15 is 0 Å². The van der Waals surface area contributed by atoms with Crippen LogP contribution in [0.2, 0.25) is 5.02 Å². The Bertz CT molecular complexity index is 606. The topological polar surface area (TPSA) is 73.8 Å². The molecule has 100 valence electrons. The predicted molar refractivity (Wildman–Crippen MR) is 74.3 cm³/mol. The standard InChI is InChI=1S/C13H15ClN4O/c1-8(2)18-13(16-7-17-18)6-12(19)9-3-4-10(14)11(15)5-9/h3-5,7-8H,6,15H2,1-2H3. The molecule has 0 spiro atoms. The quantitative estimate of drug-likeness (QED) is 0.689. The van der Waals surface area contributed by atoms with E-state index in [-0.39, 0.29) is 18.2 Å². The van der Waals surface area contributed by atoms with E-state index in [0.29, 0.717) is 22.1 Å². The largest absolute Gasteiger partial charge is 0.398 e. The Morgan fingerprint density at radius 2 is 2.21 bits per heavy atom. The van der Waals surface area contributed by atoms with E-state index in [9.17, 15) is 4.79 Å². The number of carbonyl (C=O) groups excluding carboxylic acids is 1. The number of aromatic nitrogens is 3. The van der Waals surface area contributed by atoms with Gasteiger partial charge in [0.1, 0.15) is 12.2 Å². The molecule has 0 amide bonds. The number of benzene rings is 1. The molecule has 0 aliphatic heterocycles. The molecule has 0 aliphatic carbocycles. The van der Waals surface area contributed by atoms with Crippen molar-refractivity contribution in [2.24, 2.45) is 0 Å². The molecular weight excluding hydrogens is 264 g/mol. The Kier molecular flexibility index (Phi) is 3.85. The SMILES string of the molecule is CC(C)n1ncnc1CC(=O)c1ccc(Cl)c(N)c1. The smallest absolute Gasteiger partial charge is 0.170 e. The van der Waals surface area contributed by atoms with Crippen molar-refractivity contribution in [2.45, 2.75) is 26.3 Å². The van der Waals surface area contributed by atoms with Gasteiger partial charge in [-0.15, -0.1) is 0 Å². The maximum Gasteiger partial charge on any atom is 0.170 e. The van der Waals surface area contributed by atoms with Gasteiger partial charge in [0.05, 0.1) is 17.1 Å². The number of anilines is 1. The molecule has 1 aromatic carbocycles. The molecule has 0 radical (unpaired) electrons. The van der Waals surface area contributed by atoms with E-state index in [1.807, 2.05) is 13.8 Å². The molecule has 0 fully saturated rings. The number of nitrogens with two attached hydrogens (primary N) is 1. The van der Waals surface area contributed by atoms with Crippen LogP contribution in [0, 0.1) is 0 Å². The van der Waals surface area contributed by atoms with E-state index in [1.54, 1.807) is 22.9 Å². The Labute approximate surface area is 116 Å². The molecule has 0 unspecified atom stereocenters. The van der Waals surface area contributed by atoms with Crippen molar-refractivity contribution < 1.29 is 4.79 Å². The maximum absolute atomic E-state index is 12.2. The lowest BCUT2D eigenvalue weighted by Gasteiger charge is -2.09. The normalized spacial score (nSPS) is 10.9. The molecule has 19 heavy (non-hydrogen) atoms. The average molecular weight is 279 g/mol. The maximum atomic E-state index is 12.2. The molecule has 0 bridgehead atoms. The van der Waals surface area contributed by atoms with Crippen LogP contribution in [0.15, 0.2) is 24.5 Å². The second-order valence-electron chi connectivity index (χ2n) is 4.55. The summed E-state index contributed by atoms with van der Waals surface area (Å²) in [6.45, 7) is 3.98. The molecular formula is C13H15ClN4O. The van der Waals surface area contributed by atoms with Gasteiger partial charge in [0.25, 0.3) is 0 Å². The predicted octanol–water partition coefficient (Wildman–Crippen LogP) is 2.52. The van der Waals surface area contributed by atoms with Gasteiger partial charge in [0.2, 0.25) is 0 Å². The summed E-state index contributed by atoms with van der Waals surface area (Å²) >= 11 is 5.83. The number of halogens is 1. The Morgan fingerprint density at radius 3 is 2.84 bits per heavy atom. The molecule has 0 saturated carbocycles. The molecule has 1 heterocycles. The lowest BCUT2D eigenvalue weighted by molar-refractivity contribution is 0.0989. The van der Waals surface area contributed by atoms with Gasteiger partial charge in [0.15, 0.2) is 5.78 Å². The summed E-state index contributed by atoms with van der Waals surface area (Å²) < 4.78 is 1.73. The van der Waals surface area contributed by atoms with Crippen molar-refractivity contribution in [1.82, 2.24) is 14.8 Å². The van der Waals surface area contributed by atoms with Crippen molar-refractivity contribution in [3.05, 3.63) is 40.9 Å². The highest BCUT2D eigenvalue weighted by Crippen LogP contribution is 2.20. The molecule has 1 aromatic heterocycles. The highest BCUT2D eigenvalue weighted by atomic mass is 35.5. The zero-order chi connectivity index (χ0) is 14.0. The van der Waals surface area contributed by atoms with Gasteiger partial charge in [-0.05, 0) is 32.0 Å². The zero-order valence-electron chi connectivity index (χ0n) is 10.8. The van der Waals surface area contributed by atoms with E-state index in [1.165, 1.54) is 6.33 Å². The van der Waals surface area contributed by atoms with Crippen LogP contribution >= 0.6 is 11.6 Å². The molecule has 6 heteroatoms. The van der Waals surface area contributed by atoms with Crippen molar-refractivity contribution in [3.63, 3.8) is 0 Å². The summed E-state index contributed by atoms with van der Waals surface area (Å²) in [5.74, 6) is 0.590. The molecule has 0 saturated heterocycles. The number of hydrogen-bond donors (Lipinski definition) is 1. The third-order valence-corrected chi connectivity index (χ3v) is 3.12. The third kappa shape index (κ3) is 2.93. The van der Waals surface area contributed by atoms with Gasteiger partial charge in [-0.3, -0.25) is 4.79 Å². The summed E-state index contributed by atoms with van der Waals surface area (Å²) in [5, 5.41) is 4.55. The van der Waals surface area contributed by atoms with Crippen LogP contribution in [0.3, 0.4) is 0 Å². The monoisotopic (exact) mass is 278 g/mol. The van der Waals surface area contributed by atoms with Crippen LogP contribution in [0.4, 0.5) is 5.69 Å². The summed E-state index contributed by atoms with van der Waals surface area (Å²) in [6, 6.07) is 5.04. The van der Waals surface area contributed by atoms with Crippen LogP contribution < -0.4 is 5.73 Å². The fourth-order valence-corrected chi connectivity index (χ4v) is 1.91. The van der Waals surface area contributed by atoms with E-state index in [0.717, 1.165) is 0 Å². The van der Waals surface area contributed by atoms with Gasteiger partial charge in [-0.1, -0.05) is 11.6 Å². The van der Waals surface area contributed by atoms with Crippen LogP contribution in [0.5, 0.6) is 0 Å². The first-order valence-electron chi connectivity index (χ1n) is 5.95. The lowest BCUT2D eigenvalue weighted by Crippen LogP contribution is -2.13. The minimum absolute atomic E-state index is 0.0572. The first-order chi connectivity index (χ1) is 8.99. The second-order valence-corrected chi connectivity index (χ2v) is 4.96. The first-order valence-corrected chi connectivity index (χ1v) is 6.33. The van der Waals surface area contributed by atoms with E-state index < -0.39 is 0 Å². The number of Topliss-reactive ketones (excluding diaryl/α,β-unsaturated/α-hetero) is 1. The van der Waals surface area contributed by atoms with Crippen LogP contribution in [-0.4, -0.2) is 20.5 Å². The molecule has 0 atom stereocenters. The van der Waals surface area contributed by atoms with Gasteiger partial charge < -0.3 is 5.73 Å². The number of carbonyl (C=O) groups is 1. The van der Waals surface area contributed by atoms with Gasteiger partial charge in [-0.2, -0.15) is 5.10 Å². The molecule has 2 N–H and O–H groups in total. The van der Waals surface area contributed by atoms with Crippen LogP contribution in [-0.2, 0) is 6.42 Å².